The highest BCUT2D eigenvalue weighted by molar-refractivity contribution is 7.17. The van der Waals surface area contributed by atoms with E-state index in [1.807, 2.05) is 29.3 Å². The van der Waals surface area contributed by atoms with Crippen LogP contribution in [0.25, 0.3) is 10.2 Å². The van der Waals surface area contributed by atoms with Gasteiger partial charge in [-0.1, -0.05) is 24.3 Å². The predicted molar refractivity (Wildman–Crippen MR) is 103 cm³/mol. The van der Waals surface area contributed by atoms with Crippen molar-refractivity contribution in [1.82, 2.24) is 20.1 Å². The van der Waals surface area contributed by atoms with Crippen molar-refractivity contribution >= 4 is 21.6 Å². The fourth-order valence-electron chi connectivity index (χ4n) is 2.91. The van der Waals surface area contributed by atoms with Crippen LogP contribution in [0.4, 0.5) is 0 Å². The second-order valence-electron chi connectivity index (χ2n) is 6.20. The van der Waals surface area contributed by atoms with Gasteiger partial charge in [0.1, 0.15) is 0 Å². The van der Waals surface area contributed by atoms with Crippen molar-refractivity contribution in [1.29, 1.82) is 0 Å². The Hall–Kier alpha value is -2.50. The number of aromatic nitrogens is 3. The first-order chi connectivity index (χ1) is 12.3. The second-order valence-corrected chi connectivity index (χ2v) is 7.15. The van der Waals surface area contributed by atoms with E-state index in [1.165, 1.54) is 21.4 Å². The Labute approximate surface area is 151 Å². The van der Waals surface area contributed by atoms with E-state index in [2.05, 4.69) is 64.1 Å². The van der Waals surface area contributed by atoms with E-state index in [1.54, 1.807) is 11.3 Å². The molecule has 126 valence electrons. The predicted octanol–water partition coefficient (Wildman–Crippen LogP) is 4.39. The van der Waals surface area contributed by atoms with Crippen molar-refractivity contribution in [2.75, 3.05) is 0 Å². The van der Waals surface area contributed by atoms with Crippen LogP contribution in [0.5, 0.6) is 0 Å². The third-order valence-electron chi connectivity index (χ3n) is 4.33. The van der Waals surface area contributed by atoms with Gasteiger partial charge in [-0.3, -0.25) is 9.67 Å². The summed E-state index contributed by atoms with van der Waals surface area (Å²) in [4.78, 5) is 4.53. The molecule has 0 saturated heterocycles. The van der Waals surface area contributed by atoms with Gasteiger partial charge in [-0.2, -0.15) is 5.10 Å². The van der Waals surface area contributed by atoms with Gasteiger partial charge in [0.05, 0.1) is 16.8 Å². The molecule has 1 N–H and O–H groups in total. The van der Waals surface area contributed by atoms with Gasteiger partial charge in [-0.15, -0.1) is 11.3 Å². The average molecular weight is 348 g/mol. The summed E-state index contributed by atoms with van der Waals surface area (Å²) < 4.78 is 3.18. The van der Waals surface area contributed by atoms with Crippen LogP contribution in [-0.4, -0.2) is 14.8 Å². The largest absolute Gasteiger partial charge is 0.306 e. The SMILES string of the molecule is C[C@H](NCc1cccc(Cn2cccn2)c1)c1cnc2ccsc2c1. The Morgan fingerprint density at radius 3 is 2.96 bits per heavy atom. The third kappa shape index (κ3) is 3.78. The second kappa shape index (κ2) is 7.17. The number of rotatable bonds is 6. The van der Waals surface area contributed by atoms with Gasteiger partial charge in [0.25, 0.3) is 0 Å². The lowest BCUT2D eigenvalue weighted by Crippen LogP contribution is -2.18. The molecule has 3 aromatic heterocycles. The molecule has 1 atom stereocenters. The summed E-state index contributed by atoms with van der Waals surface area (Å²) in [6.45, 7) is 3.82. The molecule has 0 fully saturated rings. The average Bonchev–Trinajstić information content (AvgIpc) is 3.30. The molecular weight excluding hydrogens is 328 g/mol. The fraction of sp³-hybridized carbons (Fsp3) is 0.200. The van der Waals surface area contributed by atoms with Crippen molar-refractivity contribution in [3.05, 3.63) is 83.1 Å². The van der Waals surface area contributed by atoms with E-state index in [-0.39, 0.29) is 6.04 Å². The molecule has 0 bridgehead atoms. The van der Waals surface area contributed by atoms with Crippen LogP contribution >= 0.6 is 11.3 Å². The smallest absolute Gasteiger partial charge is 0.0809 e. The van der Waals surface area contributed by atoms with E-state index in [0.717, 1.165) is 18.6 Å². The molecule has 1 aromatic carbocycles. The summed E-state index contributed by atoms with van der Waals surface area (Å²) in [5.74, 6) is 0. The summed E-state index contributed by atoms with van der Waals surface area (Å²) in [6.07, 6.45) is 5.77. The molecule has 3 heterocycles. The summed E-state index contributed by atoms with van der Waals surface area (Å²) >= 11 is 1.74. The number of thiophene rings is 1. The first kappa shape index (κ1) is 16.0. The van der Waals surface area contributed by atoms with Gasteiger partial charge in [0.15, 0.2) is 0 Å². The Bertz CT molecular complexity index is 959. The van der Waals surface area contributed by atoms with Crippen LogP contribution < -0.4 is 5.32 Å². The maximum absolute atomic E-state index is 4.53. The van der Waals surface area contributed by atoms with Crippen LogP contribution in [0.2, 0.25) is 0 Å². The van der Waals surface area contributed by atoms with Crippen molar-refractivity contribution < 1.29 is 0 Å². The maximum Gasteiger partial charge on any atom is 0.0809 e. The standard InChI is InChI=1S/C20H20N4S/c1-15(18-11-20-19(22-13-18)6-9-25-20)21-12-16-4-2-5-17(10-16)14-24-8-3-7-23-24/h2-11,13,15,21H,12,14H2,1H3/t15-/m0/s1. The summed E-state index contributed by atoms with van der Waals surface area (Å²) in [7, 11) is 0. The van der Waals surface area contributed by atoms with E-state index in [0.29, 0.717) is 0 Å². The normalized spacial score (nSPS) is 12.5. The number of hydrogen-bond donors (Lipinski definition) is 1. The first-order valence-electron chi connectivity index (χ1n) is 8.40. The molecule has 0 saturated carbocycles. The third-order valence-corrected chi connectivity index (χ3v) is 5.18. The lowest BCUT2D eigenvalue weighted by Gasteiger charge is -2.14. The molecule has 0 aliphatic heterocycles. The van der Waals surface area contributed by atoms with Crippen molar-refractivity contribution in [2.24, 2.45) is 0 Å². The molecule has 4 rings (SSSR count). The van der Waals surface area contributed by atoms with E-state index >= 15 is 0 Å². The van der Waals surface area contributed by atoms with Crippen LogP contribution in [0.1, 0.15) is 29.7 Å². The monoisotopic (exact) mass is 348 g/mol. The fourth-order valence-corrected chi connectivity index (χ4v) is 3.70. The Morgan fingerprint density at radius 2 is 2.08 bits per heavy atom. The summed E-state index contributed by atoms with van der Waals surface area (Å²) in [5.41, 5.74) is 4.84. The van der Waals surface area contributed by atoms with E-state index in [9.17, 15) is 0 Å². The topological polar surface area (TPSA) is 42.7 Å². The summed E-state index contributed by atoms with van der Waals surface area (Å²) in [5, 5.41) is 9.96. The quantitative estimate of drug-likeness (QED) is 0.562. The zero-order chi connectivity index (χ0) is 17.1. The lowest BCUT2D eigenvalue weighted by atomic mass is 10.1. The number of hydrogen-bond acceptors (Lipinski definition) is 4. The van der Waals surface area contributed by atoms with Gasteiger partial charge in [0.2, 0.25) is 0 Å². The maximum atomic E-state index is 4.53. The van der Waals surface area contributed by atoms with Gasteiger partial charge < -0.3 is 5.32 Å². The molecule has 0 aliphatic carbocycles. The zero-order valence-electron chi connectivity index (χ0n) is 14.1. The molecule has 25 heavy (non-hydrogen) atoms. The van der Waals surface area contributed by atoms with Gasteiger partial charge in [-0.05, 0) is 47.2 Å². The Kier molecular flexibility index (Phi) is 4.59. The van der Waals surface area contributed by atoms with Crippen molar-refractivity contribution in [3.63, 3.8) is 0 Å². The van der Waals surface area contributed by atoms with Gasteiger partial charge >= 0.3 is 0 Å². The molecule has 0 aliphatic rings. The molecule has 0 unspecified atom stereocenters. The van der Waals surface area contributed by atoms with Gasteiger partial charge in [-0.25, -0.2) is 0 Å². The van der Waals surface area contributed by atoms with Crippen molar-refractivity contribution in [2.45, 2.75) is 26.1 Å². The molecule has 5 heteroatoms. The molecule has 4 nitrogen and oxygen atoms in total. The minimum atomic E-state index is 0.258. The Morgan fingerprint density at radius 1 is 1.16 bits per heavy atom. The molecular formula is C20H20N4S. The lowest BCUT2D eigenvalue weighted by molar-refractivity contribution is 0.573. The van der Waals surface area contributed by atoms with E-state index in [4.69, 9.17) is 0 Å². The molecule has 0 amide bonds. The zero-order valence-corrected chi connectivity index (χ0v) is 14.9. The summed E-state index contributed by atoms with van der Waals surface area (Å²) in [6, 6.07) is 15.2. The molecule has 4 aromatic rings. The van der Waals surface area contributed by atoms with Crippen LogP contribution in [-0.2, 0) is 13.1 Å². The van der Waals surface area contributed by atoms with Gasteiger partial charge in [0, 0.05) is 31.2 Å². The number of pyridine rings is 1. The van der Waals surface area contributed by atoms with Crippen molar-refractivity contribution in [3.8, 4) is 0 Å². The number of nitrogens with zero attached hydrogens (tertiary/aromatic N) is 3. The first-order valence-corrected chi connectivity index (χ1v) is 9.28. The van der Waals surface area contributed by atoms with E-state index < -0.39 is 0 Å². The number of nitrogens with one attached hydrogen (secondary N) is 1. The molecule has 0 radical (unpaired) electrons. The number of benzene rings is 1. The highest BCUT2D eigenvalue weighted by Crippen LogP contribution is 2.22. The van der Waals surface area contributed by atoms with Crippen LogP contribution in [0.15, 0.2) is 66.4 Å². The highest BCUT2D eigenvalue weighted by Gasteiger charge is 2.08. The van der Waals surface area contributed by atoms with Crippen LogP contribution in [0, 0.1) is 0 Å². The molecule has 0 spiro atoms. The number of fused-ring (bicyclic) bond motifs is 1. The minimum absolute atomic E-state index is 0.258. The van der Waals surface area contributed by atoms with Crippen LogP contribution in [0.3, 0.4) is 0 Å². The minimum Gasteiger partial charge on any atom is -0.306 e. The Balaban J connectivity index is 1.41. The highest BCUT2D eigenvalue weighted by atomic mass is 32.1.